The van der Waals surface area contributed by atoms with Gasteiger partial charge >= 0.3 is 0 Å². The van der Waals surface area contributed by atoms with Crippen molar-refractivity contribution in [2.75, 3.05) is 0 Å². The number of hydrogen-bond acceptors (Lipinski definition) is 1. The van der Waals surface area contributed by atoms with E-state index in [0.717, 1.165) is 12.8 Å². The number of carbonyl (C=O) groups excluding carboxylic acids is 1. The first-order valence-electron chi connectivity index (χ1n) is 6.23. The Morgan fingerprint density at radius 1 is 1.39 bits per heavy atom. The van der Waals surface area contributed by atoms with E-state index in [1.165, 1.54) is 6.07 Å². The Hall–Kier alpha value is -1.84. The topological polar surface area (TPSA) is 44.9 Å². The highest BCUT2D eigenvalue weighted by Crippen LogP contribution is 2.18. The Kier molecular flexibility index (Phi) is 3.65. The maximum Gasteiger partial charge on any atom is 0.267 e. The number of fused-ring (bicyclic) bond motifs is 1. The van der Waals surface area contributed by atoms with Crippen LogP contribution in [0.4, 0.5) is 4.39 Å². The van der Waals surface area contributed by atoms with Crippen molar-refractivity contribution in [1.29, 1.82) is 0 Å². The summed E-state index contributed by atoms with van der Waals surface area (Å²) < 4.78 is 13.5. The van der Waals surface area contributed by atoms with Crippen LogP contribution in [-0.4, -0.2) is 16.9 Å². The maximum absolute atomic E-state index is 13.5. The molecule has 0 unspecified atom stereocenters. The van der Waals surface area contributed by atoms with Gasteiger partial charge in [0, 0.05) is 16.9 Å². The summed E-state index contributed by atoms with van der Waals surface area (Å²) in [6.45, 7) is 4.05. The van der Waals surface area contributed by atoms with Gasteiger partial charge in [0.05, 0.1) is 0 Å². The molecular formula is C14H17FN2O. The smallest absolute Gasteiger partial charge is 0.267 e. The average molecular weight is 248 g/mol. The number of aromatic amines is 1. The lowest BCUT2D eigenvalue weighted by Gasteiger charge is -2.13. The van der Waals surface area contributed by atoms with E-state index in [1.807, 2.05) is 13.8 Å². The van der Waals surface area contributed by atoms with Crippen molar-refractivity contribution in [1.82, 2.24) is 10.3 Å². The zero-order valence-electron chi connectivity index (χ0n) is 10.6. The summed E-state index contributed by atoms with van der Waals surface area (Å²) in [4.78, 5) is 14.9. The zero-order chi connectivity index (χ0) is 13.1. The van der Waals surface area contributed by atoms with Gasteiger partial charge in [0.15, 0.2) is 0 Å². The van der Waals surface area contributed by atoms with Gasteiger partial charge in [0.1, 0.15) is 11.5 Å². The molecule has 2 N–H and O–H groups in total. The van der Waals surface area contributed by atoms with Gasteiger partial charge in [-0.25, -0.2) is 4.39 Å². The molecule has 96 valence electrons. The maximum atomic E-state index is 13.5. The van der Waals surface area contributed by atoms with Crippen molar-refractivity contribution in [3.05, 3.63) is 35.8 Å². The summed E-state index contributed by atoms with van der Waals surface area (Å²) >= 11 is 0. The van der Waals surface area contributed by atoms with E-state index in [4.69, 9.17) is 0 Å². The molecule has 0 atom stereocenters. The molecule has 1 amide bonds. The van der Waals surface area contributed by atoms with Gasteiger partial charge in [-0.05, 0) is 31.0 Å². The minimum atomic E-state index is -0.315. The molecule has 0 radical (unpaired) electrons. The van der Waals surface area contributed by atoms with Crippen LogP contribution in [0.3, 0.4) is 0 Å². The van der Waals surface area contributed by atoms with Gasteiger partial charge in [-0.3, -0.25) is 4.79 Å². The molecule has 0 fully saturated rings. The number of rotatable bonds is 4. The van der Waals surface area contributed by atoms with Crippen LogP contribution in [0.5, 0.6) is 0 Å². The molecule has 2 aromatic rings. The zero-order valence-corrected chi connectivity index (χ0v) is 10.6. The fraction of sp³-hybridized carbons (Fsp3) is 0.357. The highest BCUT2D eigenvalue weighted by atomic mass is 19.1. The lowest BCUT2D eigenvalue weighted by molar-refractivity contribution is 0.0930. The molecule has 0 bridgehead atoms. The molecule has 0 saturated heterocycles. The standard InChI is InChI=1S/C14H17FN2O/c1-3-9(4-2)16-14(18)13-8-10-11(15)6-5-7-12(10)17-13/h5-9,17H,3-4H2,1-2H3,(H,16,18). The third-order valence-electron chi connectivity index (χ3n) is 3.18. The lowest BCUT2D eigenvalue weighted by atomic mass is 10.1. The van der Waals surface area contributed by atoms with Gasteiger partial charge in [-0.1, -0.05) is 19.9 Å². The van der Waals surface area contributed by atoms with Crippen LogP contribution in [0.2, 0.25) is 0 Å². The molecule has 0 spiro atoms. The summed E-state index contributed by atoms with van der Waals surface area (Å²) in [6.07, 6.45) is 1.77. The highest BCUT2D eigenvalue weighted by Gasteiger charge is 2.14. The molecule has 18 heavy (non-hydrogen) atoms. The largest absolute Gasteiger partial charge is 0.350 e. The highest BCUT2D eigenvalue weighted by molar-refractivity contribution is 5.98. The van der Waals surface area contributed by atoms with E-state index in [2.05, 4.69) is 10.3 Å². The number of H-pyrrole nitrogens is 1. The second-order valence-electron chi connectivity index (χ2n) is 4.37. The predicted octanol–water partition coefficient (Wildman–Crippen LogP) is 3.23. The Balaban J connectivity index is 2.26. The van der Waals surface area contributed by atoms with E-state index in [0.29, 0.717) is 16.6 Å². The van der Waals surface area contributed by atoms with Crippen molar-refractivity contribution in [3.8, 4) is 0 Å². The minimum absolute atomic E-state index is 0.161. The SMILES string of the molecule is CCC(CC)NC(=O)c1cc2c(F)cccc2[nH]1. The molecule has 0 saturated carbocycles. The molecule has 1 aromatic heterocycles. The number of nitrogens with one attached hydrogen (secondary N) is 2. The second kappa shape index (κ2) is 5.21. The molecule has 0 aliphatic carbocycles. The summed E-state index contributed by atoms with van der Waals surface area (Å²) in [5, 5.41) is 3.37. The first-order chi connectivity index (χ1) is 8.65. The molecule has 1 aromatic carbocycles. The third kappa shape index (κ3) is 2.37. The summed E-state index contributed by atoms with van der Waals surface area (Å²) in [5.74, 6) is -0.496. The van der Waals surface area contributed by atoms with Gasteiger partial charge in [0.2, 0.25) is 0 Å². The van der Waals surface area contributed by atoms with E-state index in [9.17, 15) is 9.18 Å². The Labute approximate surface area is 105 Å². The van der Waals surface area contributed by atoms with Gasteiger partial charge < -0.3 is 10.3 Å². The second-order valence-corrected chi connectivity index (χ2v) is 4.37. The van der Waals surface area contributed by atoms with E-state index < -0.39 is 0 Å². The van der Waals surface area contributed by atoms with Crippen molar-refractivity contribution >= 4 is 16.8 Å². The molecule has 3 nitrogen and oxygen atoms in total. The first-order valence-corrected chi connectivity index (χ1v) is 6.23. The number of carbonyl (C=O) groups is 1. The molecule has 1 heterocycles. The Morgan fingerprint density at radius 3 is 2.72 bits per heavy atom. The monoisotopic (exact) mass is 248 g/mol. The van der Waals surface area contributed by atoms with E-state index in [1.54, 1.807) is 18.2 Å². The third-order valence-corrected chi connectivity index (χ3v) is 3.18. The summed E-state index contributed by atoms with van der Waals surface area (Å²) in [6, 6.07) is 6.48. The number of aromatic nitrogens is 1. The lowest BCUT2D eigenvalue weighted by Crippen LogP contribution is -2.33. The van der Waals surface area contributed by atoms with Crippen molar-refractivity contribution in [2.45, 2.75) is 32.7 Å². The summed E-state index contributed by atoms with van der Waals surface area (Å²) in [7, 11) is 0. The molecule has 0 aliphatic rings. The van der Waals surface area contributed by atoms with Gasteiger partial charge in [0.25, 0.3) is 5.91 Å². The van der Waals surface area contributed by atoms with Gasteiger partial charge in [-0.15, -0.1) is 0 Å². The number of benzene rings is 1. The quantitative estimate of drug-likeness (QED) is 0.857. The van der Waals surface area contributed by atoms with Gasteiger partial charge in [-0.2, -0.15) is 0 Å². The first kappa shape index (κ1) is 12.6. The van der Waals surface area contributed by atoms with Crippen LogP contribution >= 0.6 is 0 Å². The summed E-state index contributed by atoms with van der Waals surface area (Å²) in [5.41, 5.74) is 1.05. The predicted molar refractivity (Wildman–Crippen MR) is 70.1 cm³/mol. The number of amides is 1. The fourth-order valence-corrected chi connectivity index (χ4v) is 2.00. The average Bonchev–Trinajstić information content (AvgIpc) is 2.81. The van der Waals surface area contributed by atoms with Crippen molar-refractivity contribution in [2.24, 2.45) is 0 Å². The number of halogens is 1. The molecule has 4 heteroatoms. The normalized spacial score (nSPS) is 11.1. The van der Waals surface area contributed by atoms with Crippen LogP contribution in [0, 0.1) is 5.82 Å². The number of hydrogen-bond donors (Lipinski definition) is 2. The van der Waals surface area contributed by atoms with Crippen LogP contribution in [0.15, 0.2) is 24.3 Å². The van der Waals surface area contributed by atoms with E-state index in [-0.39, 0.29) is 17.8 Å². The van der Waals surface area contributed by atoms with Crippen LogP contribution in [-0.2, 0) is 0 Å². The Morgan fingerprint density at radius 2 is 2.11 bits per heavy atom. The van der Waals surface area contributed by atoms with Crippen molar-refractivity contribution < 1.29 is 9.18 Å². The fourth-order valence-electron chi connectivity index (χ4n) is 2.00. The minimum Gasteiger partial charge on any atom is -0.350 e. The van der Waals surface area contributed by atoms with Crippen LogP contribution in [0.1, 0.15) is 37.2 Å². The molecular weight excluding hydrogens is 231 g/mol. The van der Waals surface area contributed by atoms with Crippen LogP contribution in [0.25, 0.3) is 10.9 Å². The molecule has 2 rings (SSSR count). The van der Waals surface area contributed by atoms with Crippen LogP contribution < -0.4 is 5.32 Å². The molecule has 0 aliphatic heterocycles. The van der Waals surface area contributed by atoms with Crippen molar-refractivity contribution in [3.63, 3.8) is 0 Å². The van der Waals surface area contributed by atoms with E-state index >= 15 is 0 Å². The Bertz CT molecular complexity index is 558.